The van der Waals surface area contributed by atoms with Crippen LogP contribution in [0, 0.1) is 0 Å². The van der Waals surface area contributed by atoms with E-state index < -0.39 is 0 Å². The van der Waals surface area contributed by atoms with E-state index in [2.05, 4.69) is 10.3 Å². The van der Waals surface area contributed by atoms with Crippen LogP contribution in [0.25, 0.3) is 0 Å². The van der Waals surface area contributed by atoms with E-state index in [0.717, 1.165) is 11.3 Å². The van der Waals surface area contributed by atoms with Gasteiger partial charge in [0.2, 0.25) is 5.91 Å². The molecule has 34 heavy (non-hydrogen) atoms. The van der Waals surface area contributed by atoms with E-state index in [9.17, 15) is 14.4 Å². The van der Waals surface area contributed by atoms with Crippen molar-refractivity contribution in [2.75, 3.05) is 44.8 Å². The molecule has 1 N–H and O–H groups in total. The number of hydrogen-bond donors (Lipinski definition) is 1. The lowest BCUT2D eigenvalue weighted by Crippen LogP contribution is -2.49. The van der Waals surface area contributed by atoms with Crippen molar-refractivity contribution < 1.29 is 23.9 Å². The average molecular weight is 469 g/mol. The smallest absolute Gasteiger partial charge is 0.305 e. The van der Waals surface area contributed by atoms with Gasteiger partial charge in [0.05, 0.1) is 19.3 Å². The van der Waals surface area contributed by atoms with Gasteiger partial charge in [-0.2, -0.15) is 0 Å². The van der Waals surface area contributed by atoms with Crippen LogP contribution in [0.4, 0.5) is 5.82 Å². The monoisotopic (exact) mass is 468 g/mol. The van der Waals surface area contributed by atoms with Crippen molar-refractivity contribution in [1.82, 2.24) is 15.2 Å². The molecule has 0 radical (unpaired) electrons. The molecule has 1 aliphatic rings. The lowest BCUT2D eigenvalue weighted by Gasteiger charge is -2.36. The first-order chi connectivity index (χ1) is 16.5. The van der Waals surface area contributed by atoms with Gasteiger partial charge in [0.1, 0.15) is 11.6 Å². The minimum atomic E-state index is -0.270. The summed E-state index contributed by atoms with van der Waals surface area (Å²) in [4.78, 5) is 45.1. The lowest BCUT2D eigenvalue weighted by molar-refractivity contribution is -0.143. The predicted octanol–water partition coefficient (Wildman–Crippen LogP) is 2.40. The van der Waals surface area contributed by atoms with Gasteiger partial charge in [0.25, 0.3) is 5.91 Å². The molecular weight excluding hydrogens is 436 g/mol. The summed E-state index contributed by atoms with van der Waals surface area (Å²) >= 11 is 0. The number of carbonyl (C=O) groups is 3. The van der Waals surface area contributed by atoms with Crippen LogP contribution in [0.3, 0.4) is 0 Å². The second kappa shape index (κ2) is 12.6. The zero-order valence-corrected chi connectivity index (χ0v) is 19.8. The molecule has 0 saturated carbocycles. The number of anilines is 1. The number of rotatable bonds is 10. The largest absolute Gasteiger partial charge is 0.497 e. The normalized spacial score (nSPS) is 13.4. The van der Waals surface area contributed by atoms with Crippen LogP contribution in [0.2, 0.25) is 0 Å². The molecule has 2 amide bonds. The van der Waals surface area contributed by atoms with Crippen molar-refractivity contribution in [2.24, 2.45) is 0 Å². The molecule has 1 fully saturated rings. The Balaban J connectivity index is 1.51. The quantitative estimate of drug-likeness (QED) is 0.535. The van der Waals surface area contributed by atoms with E-state index in [4.69, 9.17) is 9.47 Å². The Labute approximate surface area is 200 Å². The molecule has 0 atom stereocenters. The fourth-order valence-electron chi connectivity index (χ4n) is 3.79. The lowest BCUT2D eigenvalue weighted by atomic mass is 10.1. The molecule has 9 nitrogen and oxygen atoms in total. The second-order valence-corrected chi connectivity index (χ2v) is 7.93. The minimum absolute atomic E-state index is 0.0300. The number of hydrogen-bond acceptors (Lipinski definition) is 7. The number of nitrogens with zero attached hydrogens (tertiary/aromatic N) is 3. The third kappa shape index (κ3) is 6.94. The Kier molecular flexibility index (Phi) is 9.25. The zero-order valence-electron chi connectivity index (χ0n) is 19.8. The highest BCUT2D eigenvalue weighted by atomic mass is 16.5. The molecule has 0 unspecified atom stereocenters. The van der Waals surface area contributed by atoms with E-state index in [0.29, 0.717) is 63.6 Å². The van der Waals surface area contributed by atoms with Gasteiger partial charge in [-0.25, -0.2) is 4.98 Å². The first kappa shape index (κ1) is 25.0. The van der Waals surface area contributed by atoms with Gasteiger partial charge < -0.3 is 24.6 Å². The maximum absolute atomic E-state index is 12.9. The molecule has 0 aliphatic carbocycles. The topological polar surface area (TPSA) is 101 Å². The number of esters is 1. The highest BCUT2D eigenvalue weighted by Gasteiger charge is 2.25. The van der Waals surface area contributed by atoms with Crippen LogP contribution < -0.4 is 15.0 Å². The molecule has 1 aromatic carbocycles. The summed E-state index contributed by atoms with van der Waals surface area (Å²) in [7, 11) is 1.61. The molecular formula is C25H32N4O5. The van der Waals surface area contributed by atoms with Crippen LogP contribution in [-0.4, -0.2) is 67.6 Å². The summed E-state index contributed by atoms with van der Waals surface area (Å²) in [6, 6.07) is 11.0. The van der Waals surface area contributed by atoms with Crippen LogP contribution in [-0.2, 0) is 20.9 Å². The number of nitrogens with one attached hydrogen (secondary N) is 1. The minimum Gasteiger partial charge on any atom is -0.497 e. The molecule has 9 heteroatoms. The second-order valence-electron chi connectivity index (χ2n) is 7.93. The Bertz CT molecular complexity index is 972. The molecule has 1 saturated heterocycles. The highest BCUT2D eigenvalue weighted by Crippen LogP contribution is 2.20. The number of benzene rings is 1. The van der Waals surface area contributed by atoms with Crippen molar-refractivity contribution in [3.8, 4) is 5.75 Å². The maximum Gasteiger partial charge on any atom is 0.305 e. The number of pyridine rings is 1. The standard InChI is InChI=1S/C25H32N4O5/c1-3-34-23(31)8-4-7-22(30)28-14-16-29(17-15-28)24-21(6-5-13-26-24)25(32)27-18-19-9-11-20(33-2)12-10-19/h5-6,9-13H,3-4,7-8,14-18H2,1-2H3,(H,27,32). The SMILES string of the molecule is CCOC(=O)CCCC(=O)N1CCN(c2ncccc2C(=O)NCc2ccc(OC)cc2)CC1. The summed E-state index contributed by atoms with van der Waals surface area (Å²) in [5.74, 6) is 0.942. The highest BCUT2D eigenvalue weighted by molar-refractivity contribution is 5.98. The Hall–Kier alpha value is -3.62. The summed E-state index contributed by atoms with van der Waals surface area (Å²) < 4.78 is 10.1. The number of methoxy groups -OCH3 is 1. The Morgan fingerprint density at radius 3 is 2.44 bits per heavy atom. The molecule has 1 aliphatic heterocycles. The van der Waals surface area contributed by atoms with Gasteiger partial charge in [0, 0.05) is 51.8 Å². The molecule has 2 aromatic rings. The maximum atomic E-state index is 12.9. The van der Waals surface area contributed by atoms with Crippen molar-refractivity contribution in [3.05, 3.63) is 53.7 Å². The summed E-state index contributed by atoms with van der Waals surface area (Å²) in [6.07, 6.45) is 2.73. The van der Waals surface area contributed by atoms with E-state index >= 15 is 0 Å². The van der Waals surface area contributed by atoms with E-state index in [1.54, 1.807) is 37.3 Å². The molecule has 1 aromatic heterocycles. The van der Waals surface area contributed by atoms with Crippen molar-refractivity contribution in [1.29, 1.82) is 0 Å². The average Bonchev–Trinajstić information content (AvgIpc) is 2.87. The van der Waals surface area contributed by atoms with Crippen LogP contribution in [0.15, 0.2) is 42.6 Å². The van der Waals surface area contributed by atoms with Crippen molar-refractivity contribution in [2.45, 2.75) is 32.7 Å². The van der Waals surface area contributed by atoms with Crippen LogP contribution in [0.1, 0.15) is 42.1 Å². The summed E-state index contributed by atoms with van der Waals surface area (Å²) in [5.41, 5.74) is 1.47. The first-order valence-corrected chi connectivity index (χ1v) is 11.6. The number of piperazine rings is 1. The van der Waals surface area contributed by atoms with Gasteiger partial charge in [-0.15, -0.1) is 0 Å². The molecule has 0 spiro atoms. The number of carbonyl (C=O) groups excluding carboxylic acids is 3. The fraction of sp³-hybridized carbons (Fsp3) is 0.440. The summed E-state index contributed by atoms with van der Waals surface area (Å²) in [6.45, 7) is 4.76. The molecule has 0 bridgehead atoms. The number of ether oxygens (including phenoxy) is 2. The third-order valence-electron chi connectivity index (χ3n) is 5.65. The van der Waals surface area contributed by atoms with Crippen molar-refractivity contribution in [3.63, 3.8) is 0 Å². The van der Waals surface area contributed by atoms with E-state index in [-0.39, 0.29) is 24.2 Å². The fourth-order valence-corrected chi connectivity index (χ4v) is 3.79. The van der Waals surface area contributed by atoms with Gasteiger partial charge >= 0.3 is 5.97 Å². The molecule has 2 heterocycles. The van der Waals surface area contributed by atoms with E-state index in [1.165, 1.54) is 0 Å². The number of amides is 2. The van der Waals surface area contributed by atoms with Crippen LogP contribution >= 0.6 is 0 Å². The number of aromatic nitrogens is 1. The Morgan fingerprint density at radius 1 is 1.03 bits per heavy atom. The third-order valence-corrected chi connectivity index (χ3v) is 5.65. The van der Waals surface area contributed by atoms with Gasteiger partial charge in [0.15, 0.2) is 0 Å². The predicted molar refractivity (Wildman–Crippen MR) is 128 cm³/mol. The van der Waals surface area contributed by atoms with E-state index in [1.807, 2.05) is 29.2 Å². The zero-order chi connectivity index (χ0) is 24.3. The van der Waals surface area contributed by atoms with Gasteiger partial charge in [-0.05, 0) is 43.2 Å². The molecule has 3 rings (SSSR count). The molecule has 182 valence electrons. The van der Waals surface area contributed by atoms with Gasteiger partial charge in [-0.3, -0.25) is 14.4 Å². The van der Waals surface area contributed by atoms with Gasteiger partial charge in [-0.1, -0.05) is 12.1 Å². The Morgan fingerprint density at radius 2 is 1.76 bits per heavy atom. The van der Waals surface area contributed by atoms with Crippen molar-refractivity contribution >= 4 is 23.6 Å². The summed E-state index contributed by atoms with van der Waals surface area (Å²) in [5, 5.41) is 2.95. The van der Waals surface area contributed by atoms with Crippen LogP contribution in [0.5, 0.6) is 5.75 Å². The first-order valence-electron chi connectivity index (χ1n) is 11.6.